The Balaban J connectivity index is 2.77. The van der Waals surface area contributed by atoms with Crippen molar-refractivity contribution in [3.63, 3.8) is 0 Å². The Morgan fingerprint density at radius 2 is 1.64 bits per heavy atom. The zero-order chi connectivity index (χ0) is 19.3. The highest BCUT2D eigenvalue weighted by Gasteiger charge is 2.63. The van der Waals surface area contributed by atoms with E-state index in [1.165, 1.54) is 19.1 Å². The lowest BCUT2D eigenvalue weighted by atomic mass is 10.1. The molecule has 1 aromatic rings. The highest BCUT2D eigenvalue weighted by Crippen LogP contribution is 2.78. The summed E-state index contributed by atoms with van der Waals surface area (Å²) in [4.78, 5) is -1.10. The summed E-state index contributed by atoms with van der Waals surface area (Å²) in [5.74, 6) is 0. The van der Waals surface area contributed by atoms with Crippen LogP contribution in [-0.4, -0.2) is 19.4 Å². The van der Waals surface area contributed by atoms with Gasteiger partial charge in [-0.25, -0.2) is 0 Å². The molecule has 0 amide bonds. The fraction of sp³-hybridized carbons (Fsp3) is 0.429. The Morgan fingerprint density at radius 1 is 1.04 bits per heavy atom. The van der Waals surface area contributed by atoms with E-state index in [2.05, 4.69) is 3.63 Å². The Bertz CT molecular complexity index is 811. The van der Waals surface area contributed by atoms with Gasteiger partial charge in [-0.05, 0) is 36.1 Å². The fourth-order valence-electron chi connectivity index (χ4n) is 2.46. The number of hydrogen-bond acceptors (Lipinski definition) is 3. The van der Waals surface area contributed by atoms with Gasteiger partial charge in [0.2, 0.25) is 0 Å². The highest BCUT2D eigenvalue weighted by atomic mass is 32.3. The molecule has 2 rings (SSSR count). The number of rotatable bonds is 4. The molecule has 0 bridgehead atoms. The normalized spacial score (nSPS) is 23.8. The predicted molar refractivity (Wildman–Crippen MR) is 82.1 cm³/mol. The molecule has 1 aliphatic heterocycles. The molecule has 0 radical (unpaired) electrons. The molecule has 1 aromatic carbocycles. The zero-order valence-electron chi connectivity index (χ0n) is 13.0. The molecule has 3 nitrogen and oxygen atoms in total. The van der Waals surface area contributed by atoms with Crippen molar-refractivity contribution in [1.82, 2.24) is 0 Å². The van der Waals surface area contributed by atoms with Gasteiger partial charge in [-0.3, -0.25) is 0 Å². The number of hydrogen-bond donors (Lipinski definition) is 0. The van der Waals surface area contributed by atoms with Gasteiger partial charge in [0.05, 0.1) is 0 Å². The first-order chi connectivity index (χ1) is 11.3. The van der Waals surface area contributed by atoms with Gasteiger partial charge in [-0.2, -0.15) is 38.4 Å². The van der Waals surface area contributed by atoms with Crippen molar-refractivity contribution >= 4 is 26.5 Å². The molecule has 25 heavy (non-hydrogen) atoms. The van der Waals surface area contributed by atoms with Crippen molar-refractivity contribution < 1.29 is 38.4 Å². The summed E-state index contributed by atoms with van der Waals surface area (Å²) in [6.07, 6.45) is 1.26. The molecule has 1 aliphatic rings. The van der Waals surface area contributed by atoms with Gasteiger partial charge >= 0.3 is 21.1 Å². The lowest BCUT2D eigenvalue weighted by molar-refractivity contribution is -0.0546. The van der Waals surface area contributed by atoms with E-state index in [-0.39, 0.29) is 12.0 Å². The van der Waals surface area contributed by atoms with Crippen LogP contribution in [0.15, 0.2) is 28.0 Å². The molecule has 0 saturated heterocycles. The summed E-state index contributed by atoms with van der Waals surface area (Å²) in [5.41, 5.74) is -10.6. The lowest BCUT2D eigenvalue weighted by Crippen LogP contribution is -2.32. The Kier molecular flexibility index (Phi) is 4.99. The van der Waals surface area contributed by atoms with E-state index in [1.807, 2.05) is 0 Å². The molecule has 0 spiro atoms. The molecule has 11 heteroatoms. The van der Waals surface area contributed by atoms with Crippen molar-refractivity contribution in [1.29, 1.82) is 0 Å². The van der Waals surface area contributed by atoms with E-state index in [4.69, 9.17) is 0 Å². The maximum Gasteiger partial charge on any atom is 0.523 e. The summed E-state index contributed by atoms with van der Waals surface area (Å²) in [6.45, 7) is 3.06. The standard InChI is InChI=1S/C14H14F6O3S2/c1-3-9-5-6-12-10(7-9)8-11(4-2)24(12,13(15,16)17)23-25(21,22)14(18,19)20/h5-8H,3-4H2,1-2H3. The van der Waals surface area contributed by atoms with Gasteiger partial charge in [-0.15, -0.1) is 0 Å². The fourth-order valence-corrected chi connectivity index (χ4v) is 7.03. The van der Waals surface area contributed by atoms with Crippen molar-refractivity contribution in [2.45, 2.75) is 42.6 Å². The van der Waals surface area contributed by atoms with E-state index in [9.17, 15) is 34.8 Å². The lowest BCUT2D eigenvalue weighted by Gasteiger charge is -2.39. The minimum absolute atomic E-state index is 0.0286. The number of aryl methyl sites for hydroxylation is 1. The van der Waals surface area contributed by atoms with Crippen LogP contribution < -0.4 is 0 Å². The van der Waals surface area contributed by atoms with Crippen LogP contribution in [0.3, 0.4) is 0 Å². The van der Waals surface area contributed by atoms with Crippen LogP contribution in [0.25, 0.3) is 6.08 Å². The smallest absolute Gasteiger partial charge is 0.196 e. The average molecular weight is 408 g/mol. The third kappa shape index (κ3) is 3.17. The summed E-state index contributed by atoms with van der Waals surface area (Å²) < 4.78 is 106. The first-order valence-corrected chi connectivity index (χ1v) is 10.0. The van der Waals surface area contributed by atoms with Crippen molar-refractivity contribution in [2.75, 3.05) is 0 Å². The van der Waals surface area contributed by atoms with Gasteiger partial charge in [0.15, 0.2) is 0 Å². The van der Waals surface area contributed by atoms with Gasteiger partial charge in [0.1, 0.15) is 0 Å². The van der Waals surface area contributed by atoms with Gasteiger partial charge in [-0.1, -0.05) is 26.0 Å². The first-order valence-electron chi connectivity index (χ1n) is 7.05. The van der Waals surface area contributed by atoms with Crippen LogP contribution in [-0.2, 0) is 20.2 Å². The van der Waals surface area contributed by atoms with Crippen LogP contribution in [0, 0.1) is 0 Å². The second-order valence-corrected chi connectivity index (χ2v) is 9.61. The molecule has 0 N–H and O–H groups in total. The molecule has 142 valence electrons. The van der Waals surface area contributed by atoms with E-state index in [0.29, 0.717) is 12.0 Å². The summed E-state index contributed by atoms with van der Waals surface area (Å²) in [6, 6.07) is 3.72. The van der Waals surface area contributed by atoms with Gasteiger partial charge in [0, 0.05) is 20.1 Å². The van der Waals surface area contributed by atoms with Crippen molar-refractivity contribution in [2.24, 2.45) is 0 Å². The molecule has 0 aliphatic carbocycles. The largest absolute Gasteiger partial charge is 0.523 e. The molecular weight excluding hydrogens is 394 g/mol. The number of allylic oxidation sites excluding steroid dienone is 1. The second kappa shape index (κ2) is 6.20. The third-order valence-electron chi connectivity index (χ3n) is 3.63. The van der Waals surface area contributed by atoms with E-state index < -0.39 is 41.2 Å². The Hall–Kier alpha value is -1.20. The molecule has 0 aromatic heterocycles. The predicted octanol–water partition coefficient (Wildman–Crippen LogP) is 5.48. The van der Waals surface area contributed by atoms with Crippen LogP contribution in [0.2, 0.25) is 0 Å². The highest BCUT2D eigenvalue weighted by molar-refractivity contribution is 8.37. The minimum atomic E-state index is -6.45. The van der Waals surface area contributed by atoms with Crippen molar-refractivity contribution in [3.05, 3.63) is 34.2 Å². The first kappa shape index (κ1) is 20.1. The number of fused-ring (bicyclic) bond motifs is 1. The average Bonchev–Trinajstić information content (AvgIpc) is 2.79. The molecule has 0 saturated carbocycles. The third-order valence-corrected chi connectivity index (χ3v) is 8.52. The topological polar surface area (TPSA) is 43.4 Å². The molecule has 0 fully saturated rings. The Labute approximate surface area is 142 Å². The summed E-state index contributed by atoms with van der Waals surface area (Å²) in [7, 11) is -11.3. The minimum Gasteiger partial charge on any atom is -0.196 e. The van der Waals surface area contributed by atoms with Gasteiger partial charge < -0.3 is 0 Å². The molecular formula is C14H14F6O3S2. The second-order valence-electron chi connectivity index (χ2n) is 5.16. The number of halogens is 6. The van der Waals surface area contributed by atoms with Crippen molar-refractivity contribution in [3.8, 4) is 0 Å². The van der Waals surface area contributed by atoms with Crippen LogP contribution in [0.4, 0.5) is 26.3 Å². The molecule has 1 heterocycles. The molecule has 1 atom stereocenters. The zero-order valence-corrected chi connectivity index (χ0v) is 14.7. The van der Waals surface area contributed by atoms with E-state index in [0.717, 1.165) is 12.1 Å². The van der Waals surface area contributed by atoms with E-state index in [1.54, 1.807) is 6.92 Å². The quantitative estimate of drug-likeness (QED) is 0.490. The number of alkyl halides is 6. The maximum absolute atomic E-state index is 13.9. The summed E-state index contributed by atoms with van der Waals surface area (Å²) in [5, 5.41) is 0. The monoisotopic (exact) mass is 408 g/mol. The van der Waals surface area contributed by atoms with Crippen LogP contribution in [0.5, 0.6) is 0 Å². The van der Waals surface area contributed by atoms with Gasteiger partial charge in [0.25, 0.3) is 0 Å². The molecule has 1 unspecified atom stereocenters. The Morgan fingerprint density at radius 3 is 2.08 bits per heavy atom. The van der Waals surface area contributed by atoms with Crippen LogP contribution in [0.1, 0.15) is 31.4 Å². The summed E-state index contributed by atoms with van der Waals surface area (Å²) >= 11 is 0. The van der Waals surface area contributed by atoms with Crippen LogP contribution >= 0.6 is 10.3 Å². The number of benzene rings is 1. The SMILES string of the molecule is CCC1=Cc2cc(CC)ccc2S1(OS(=O)(=O)C(F)(F)F)C(F)(F)F. The van der Waals surface area contributed by atoms with E-state index >= 15 is 0 Å². The maximum atomic E-state index is 13.9.